The number of aromatic nitrogens is 2. The van der Waals surface area contributed by atoms with Crippen molar-refractivity contribution in [3.8, 4) is 5.75 Å². The summed E-state index contributed by atoms with van der Waals surface area (Å²) >= 11 is 0. The van der Waals surface area contributed by atoms with Crippen LogP contribution in [0.2, 0.25) is 0 Å². The van der Waals surface area contributed by atoms with Crippen LogP contribution in [0.5, 0.6) is 5.75 Å². The summed E-state index contributed by atoms with van der Waals surface area (Å²) in [7, 11) is 1.97. The fourth-order valence-corrected chi connectivity index (χ4v) is 5.81. The Kier molecular flexibility index (Phi) is 5.48. The van der Waals surface area contributed by atoms with Crippen molar-refractivity contribution in [2.75, 3.05) is 26.2 Å². The molecule has 5 heterocycles. The normalized spacial score (nSPS) is 24.2. The molecule has 1 N–H and O–H groups in total. The maximum Gasteiger partial charge on any atom is 0.250 e. The smallest absolute Gasteiger partial charge is 0.250 e. The van der Waals surface area contributed by atoms with Crippen LogP contribution in [0.15, 0.2) is 33.9 Å². The Labute approximate surface area is 182 Å². The van der Waals surface area contributed by atoms with Gasteiger partial charge >= 0.3 is 0 Å². The Bertz CT molecular complexity index is 1080. The van der Waals surface area contributed by atoms with E-state index in [-0.39, 0.29) is 16.7 Å². The Balaban J connectivity index is 1.38. The Morgan fingerprint density at radius 2 is 1.81 bits per heavy atom. The van der Waals surface area contributed by atoms with Gasteiger partial charge in [0.05, 0.1) is 5.69 Å². The Hall–Kier alpha value is -2.38. The summed E-state index contributed by atoms with van der Waals surface area (Å²) in [5.41, 5.74) is 2.62. The molecule has 5 rings (SSSR count). The van der Waals surface area contributed by atoms with Crippen molar-refractivity contribution < 1.29 is 5.11 Å². The van der Waals surface area contributed by atoms with Gasteiger partial charge in [-0.1, -0.05) is 12.5 Å². The first-order valence-electron chi connectivity index (χ1n) is 11.5. The van der Waals surface area contributed by atoms with Gasteiger partial charge in [0.15, 0.2) is 5.75 Å². The SMILES string of the molecule is Cn1c(CN2CC3CC(C2)c2cccc(=O)n2C3)cc(=O)c(O)c1CN1CCCCC1. The van der Waals surface area contributed by atoms with Crippen molar-refractivity contribution in [1.29, 1.82) is 0 Å². The molecule has 2 bridgehead atoms. The second-order valence-corrected chi connectivity index (χ2v) is 9.58. The van der Waals surface area contributed by atoms with Crippen LogP contribution in [0.1, 0.15) is 48.7 Å². The Morgan fingerprint density at radius 3 is 2.61 bits per heavy atom. The van der Waals surface area contributed by atoms with Crippen molar-refractivity contribution in [1.82, 2.24) is 18.9 Å². The van der Waals surface area contributed by atoms with Crippen molar-refractivity contribution in [2.45, 2.75) is 51.2 Å². The second kappa shape index (κ2) is 8.28. The molecule has 31 heavy (non-hydrogen) atoms. The highest BCUT2D eigenvalue weighted by atomic mass is 16.3. The fourth-order valence-electron chi connectivity index (χ4n) is 5.81. The standard InChI is InChI=1S/C24H32N4O3/c1-25-19(11-22(29)24(31)21(25)16-26-8-3-2-4-9-26)15-27-12-17-10-18(14-27)20-6-5-7-23(30)28(20)13-17/h5-7,11,17-18,31H,2-4,8-10,12-16H2,1H3. The first kappa shape index (κ1) is 20.5. The summed E-state index contributed by atoms with van der Waals surface area (Å²) in [5, 5.41) is 10.5. The molecule has 0 amide bonds. The molecule has 0 saturated carbocycles. The molecule has 3 aliphatic heterocycles. The van der Waals surface area contributed by atoms with E-state index < -0.39 is 0 Å². The van der Waals surface area contributed by atoms with E-state index >= 15 is 0 Å². The first-order chi connectivity index (χ1) is 15.0. The monoisotopic (exact) mass is 424 g/mol. The highest BCUT2D eigenvalue weighted by Gasteiger charge is 2.34. The van der Waals surface area contributed by atoms with Crippen LogP contribution < -0.4 is 11.0 Å². The predicted molar refractivity (Wildman–Crippen MR) is 119 cm³/mol. The number of nitrogens with zero attached hydrogens (tertiary/aromatic N) is 4. The average Bonchev–Trinajstić information content (AvgIpc) is 2.76. The quantitative estimate of drug-likeness (QED) is 0.811. The third-order valence-electron chi connectivity index (χ3n) is 7.40. The van der Waals surface area contributed by atoms with Crippen LogP contribution in [-0.2, 0) is 26.7 Å². The van der Waals surface area contributed by atoms with Crippen molar-refractivity contribution in [3.05, 3.63) is 61.9 Å². The van der Waals surface area contributed by atoms with Gasteiger partial charge in [0.1, 0.15) is 0 Å². The van der Waals surface area contributed by atoms with E-state index in [2.05, 4.69) is 15.9 Å². The molecule has 0 aromatic carbocycles. The highest BCUT2D eigenvalue weighted by molar-refractivity contribution is 5.30. The third-order valence-corrected chi connectivity index (χ3v) is 7.40. The summed E-state index contributed by atoms with van der Waals surface area (Å²) in [4.78, 5) is 29.6. The van der Waals surface area contributed by atoms with Crippen LogP contribution in [-0.4, -0.2) is 50.2 Å². The van der Waals surface area contributed by atoms with Gasteiger partial charge in [0, 0.05) is 69.2 Å². The number of piperidine rings is 2. The average molecular weight is 425 g/mol. The topological polar surface area (TPSA) is 70.7 Å². The molecular formula is C24H32N4O3. The van der Waals surface area contributed by atoms with Crippen LogP contribution in [0, 0.1) is 5.92 Å². The lowest BCUT2D eigenvalue weighted by Gasteiger charge is -2.43. The molecule has 0 radical (unpaired) electrons. The van der Waals surface area contributed by atoms with Crippen molar-refractivity contribution in [2.24, 2.45) is 13.0 Å². The highest BCUT2D eigenvalue weighted by Crippen LogP contribution is 2.35. The van der Waals surface area contributed by atoms with E-state index in [0.717, 1.165) is 56.2 Å². The third kappa shape index (κ3) is 3.96. The van der Waals surface area contributed by atoms with E-state index in [9.17, 15) is 14.7 Å². The van der Waals surface area contributed by atoms with E-state index in [1.54, 1.807) is 12.1 Å². The fraction of sp³-hybridized carbons (Fsp3) is 0.583. The van der Waals surface area contributed by atoms with Gasteiger partial charge in [0.25, 0.3) is 5.56 Å². The maximum atomic E-state index is 12.6. The van der Waals surface area contributed by atoms with Crippen molar-refractivity contribution in [3.63, 3.8) is 0 Å². The summed E-state index contributed by atoms with van der Waals surface area (Å²) < 4.78 is 3.97. The van der Waals surface area contributed by atoms with Gasteiger partial charge < -0.3 is 14.2 Å². The first-order valence-corrected chi connectivity index (χ1v) is 11.5. The Morgan fingerprint density at radius 1 is 1.00 bits per heavy atom. The zero-order valence-corrected chi connectivity index (χ0v) is 18.3. The summed E-state index contributed by atoms with van der Waals surface area (Å²) in [6.07, 6.45) is 4.73. The van der Waals surface area contributed by atoms with Crippen LogP contribution in [0.3, 0.4) is 0 Å². The molecule has 2 aromatic rings. The number of fused-ring (bicyclic) bond motifs is 4. The van der Waals surface area contributed by atoms with Gasteiger partial charge in [-0.15, -0.1) is 0 Å². The minimum atomic E-state index is -0.283. The number of aromatic hydroxyl groups is 1. The molecule has 0 spiro atoms. The molecule has 2 saturated heterocycles. The summed E-state index contributed by atoms with van der Waals surface area (Å²) in [5.74, 6) is 0.692. The van der Waals surface area contributed by atoms with Gasteiger partial charge in [-0.25, -0.2) is 0 Å². The lowest BCUT2D eigenvalue weighted by Crippen LogP contribution is -2.47. The summed E-state index contributed by atoms with van der Waals surface area (Å²) in [6.45, 7) is 5.93. The molecule has 166 valence electrons. The minimum absolute atomic E-state index is 0.101. The molecule has 2 atom stereocenters. The van der Waals surface area contributed by atoms with Crippen LogP contribution >= 0.6 is 0 Å². The molecule has 0 aliphatic carbocycles. The number of rotatable bonds is 4. The lowest BCUT2D eigenvalue weighted by molar-refractivity contribution is 0.112. The maximum absolute atomic E-state index is 12.6. The van der Waals surface area contributed by atoms with Gasteiger partial charge in [-0.2, -0.15) is 0 Å². The molecule has 2 aromatic heterocycles. The predicted octanol–water partition coefficient (Wildman–Crippen LogP) is 1.86. The van der Waals surface area contributed by atoms with Gasteiger partial charge in [-0.3, -0.25) is 19.4 Å². The van der Waals surface area contributed by atoms with Crippen molar-refractivity contribution >= 4 is 0 Å². The number of hydrogen-bond acceptors (Lipinski definition) is 5. The van der Waals surface area contributed by atoms with Crippen LogP contribution in [0.4, 0.5) is 0 Å². The number of pyridine rings is 2. The summed E-state index contributed by atoms with van der Waals surface area (Å²) in [6, 6.07) is 7.19. The molecule has 7 nitrogen and oxygen atoms in total. The van der Waals surface area contributed by atoms with Gasteiger partial charge in [0.2, 0.25) is 5.43 Å². The molecule has 3 aliphatic rings. The number of likely N-dealkylation sites (tertiary alicyclic amines) is 2. The molecule has 2 unspecified atom stereocenters. The number of hydrogen-bond donors (Lipinski definition) is 1. The molecule has 7 heteroatoms. The molecular weight excluding hydrogens is 392 g/mol. The zero-order valence-electron chi connectivity index (χ0n) is 18.3. The largest absolute Gasteiger partial charge is 0.503 e. The zero-order chi connectivity index (χ0) is 21.5. The van der Waals surface area contributed by atoms with Gasteiger partial charge in [-0.05, 0) is 44.3 Å². The van der Waals surface area contributed by atoms with E-state index in [0.29, 0.717) is 24.9 Å². The van der Waals surface area contributed by atoms with Crippen LogP contribution in [0.25, 0.3) is 0 Å². The molecule has 2 fully saturated rings. The van der Waals surface area contributed by atoms with E-state index in [4.69, 9.17) is 0 Å². The van der Waals surface area contributed by atoms with E-state index in [1.165, 1.54) is 19.3 Å². The lowest BCUT2D eigenvalue weighted by atomic mass is 9.83. The second-order valence-electron chi connectivity index (χ2n) is 9.58. The van der Waals surface area contributed by atoms with E-state index in [1.807, 2.05) is 22.2 Å². The minimum Gasteiger partial charge on any atom is -0.503 e.